The number of hydrogen-bond acceptors (Lipinski definition) is 0. The molecule has 1 aromatic rings. The van der Waals surface area contributed by atoms with Gasteiger partial charge in [0, 0.05) is 0 Å². The molecule has 0 amide bonds. The Hall–Kier alpha value is -0.780. The Bertz CT molecular complexity index is 662. The molecule has 0 N–H and O–H groups in total. The van der Waals surface area contributed by atoms with Crippen molar-refractivity contribution in [2.24, 2.45) is 29.6 Å². The first-order valence-electron chi connectivity index (χ1n) is 16.3. The third-order valence-corrected chi connectivity index (χ3v) is 10.9. The second kappa shape index (κ2) is 14.8. The highest BCUT2D eigenvalue weighted by Crippen LogP contribution is 2.43. The van der Waals surface area contributed by atoms with E-state index >= 15 is 0 Å². The zero-order valence-corrected chi connectivity index (χ0v) is 23.6. The SMILES string of the molecule is CCCCCCCC1CCC(C2CCC(CCc3ccc(C4CCC(CC)CC4)cc3)CC2)CC1. The number of rotatable bonds is 12. The Morgan fingerprint density at radius 3 is 1.66 bits per heavy atom. The van der Waals surface area contributed by atoms with Gasteiger partial charge >= 0.3 is 0 Å². The van der Waals surface area contributed by atoms with E-state index in [-0.39, 0.29) is 0 Å². The molecule has 35 heavy (non-hydrogen) atoms. The predicted octanol–water partition coefficient (Wildman–Crippen LogP) is 11.3. The molecular weight excluding hydrogens is 420 g/mol. The fraction of sp³-hybridized carbons (Fsp3) is 0.829. The highest BCUT2D eigenvalue weighted by Gasteiger charge is 2.30. The molecule has 0 atom stereocenters. The van der Waals surface area contributed by atoms with E-state index in [1.54, 1.807) is 36.8 Å². The fourth-order valence-electron chi connectivity index (χ4n) is 8.16. The second-order valence-corrected chi connectivity index (χ2v) is 13.2. The van der Waals surface area contributed by atoms with E-state index in [4.69, 9.17) is 0 Å². The van der Waals surface area contributed by atoms with Crippen LogP contribution in [0.5, 0.6) is 0 Å². The third kappa shape index (κ3) is 8.64. The molecule has 4 rings (SSSR count). The molecule has 3 fully saturated rings. The summed E-state index contributed by atoms with van der Waals surface area (Å²) in [6.45, 7) is 4.69. The topological polar surface area (TPSA) is 0 Å². The van der Waals surface area contributed by atoms with Gasteiger partial charge in [-0.2, -0.15) is 0 Å². The largest absolute Gasteiger partial charge is 0.0654 e. The van der Waals surface area contributed by atoms with Crippen molar-refractivity contribution in [1.82, 2.24) is 0 Å². The first-order chi connectivity index (χ1) is 17.2. The Kier molecular flexibility index (Phi) is 11.6. The van der Waals surface area contributed by atoms with Crippen LogP contribution in [0.3, 0.4) is 0 Å². The smallest absolute Gasteiger partial charge is 0.0162 e. The van der Waals surface area contributed by atoms with Gasteiger partial charge in [0.15, 0.2) is 0 Å². The Morgan fingerprint density at radius 1 is 0.543 bits per heavy atom. The van der Waals surface area contributed by atoms with Crippen LogP contribution in [-0.2, 0) is 6.42 Å². The third-order valence-electron chi connectivity index (χ3n) is 10.9. The summed E-state index contributed by atoms with van der Waals surface area (Å²) in [5, 5.41) is 0. The molecule has 1 aromatic carbocycles. The van der Waals surface area contributed by atoms with Crippen molar-refractivity contribution in [2.45, 2.75) is 155 Å². The van der Waals surface area contributed by atoms with E-state index in [9.17, 15) is 0 Å². The van der Waals surface area contributed by atoms with Gasteiger partial charge in [0.1, 0.15) is 0 Å². The molecule has 0 radical (unpaired) electrons. The first-order valence-corrected chi connectivity index (χ1v) is 16.3. The summed E-state index contributed by atoms with van der Waals surface area (Å²) >= 11 is 0. The van der Waals surface area contributed by atoms with Gasteiger partial charge in [0.05, 0.1) is 0 Å². The normalized spacial score (nSPS) is 31.9. The molecule has 0 unspecified atom stereocenters. The lowest BCUT2D eigenvalue weighted by molar-refractivity contribution is 0.140. The van der Waals surface area contributed by atoms with Crippen LogP contribution in [0, 0.1) is 29.6 Å². The van der Waals surface area contributed by atoms with Crippen LogP contribution in [0.15, 0.2) is 24.3 Å². The zero-order chi connectivity index (χ0) is 24.3. The molecule has 3 saturated carbocycles. The molecule has 0 heterocycles. The molecule has 0 nitrogen and oxygen atoms in total. The summed E-state index contributed by atoms with van der Waals surface area (Å²) in [6, 6.07) is 9.89. The Balaban J connectivity index is 1.09. The summed E-state index contributed by atoms with van der Waals surface area (Å²) in [5.41, 5.74) is 3.21. The van der Waals surface area contributed by atoms with Crippen LogP contribution < -0.4 is 0 Å². The number of unbranched alkanes of at least 4 members (excludes halogenated alkanes) is 4. The minimum Gasteiger partial charge on any atom is -0.0654 e. The van der Waals surface area contributed by atoms with Crippen molar-refractivity contribution in [1.29, 1.82) is 0 Å². The van der Waals surface area contributed by atoms with Crippen LogP contribution in [0.1, 0.15) is 159 Å². The Morgan fingerprint density at radius 2 is 1.09 bits per heavy atom. The maximum atomic E-state index is 2.48. The van der Waals surface area contributed by atoms with E-state index in [0.29, 0.717) is 0 Å². The molecule has 0 heteroatoms. The van der Waals surface area contributed by atoms with Gasteiger partial charge < -0.3 is 0 Å². The van der Waals surface area contributed by atoms with Crippen LogP contribution in [0.2, 0.25) is 0 Å². The summed E-state index contributed by atoms with van der Waals surface area (Å²) in [4.78, 5) is 0. The van der Waals surface area contributed by atoms with Crippen molar-refractivity contribution in [3.63, 3.8) is 0 Å². The van der Waals surface area contributed by atoms with Gasteiger partial charge in [-0.15, -0.1) is 0 Å². The van der Waals surface area contributed by atoms with Crippen molar-refractivity contribution in [3.8, 4) is 0 Å². The molecule has 0 saturated heterocycles. The van der Waals surface area contributed by atoms with E-state index in [0.717, 1.165) is 35.5 Å². The van der Waals surface area contributed by atoms with Gasteiger partial charge in [-0.05, 0) is 111 Å². The summed E-state index contributed by atoms with van der Waals surface area (Å²) in [6.07, 6.45) is 31.0. The summed E-state index contributed by atoms with van der Waals surface area (Å²) < 4.78 is 0. The van der Waals surface area contributed by atoms with E-state index in [2.05, 4.69) is 38.1 Å². The molecule has 198 valence electrons. The lowest BCUT2D eigenvalue weighted by atomic mass is 9.68. The van der Waals surface area contributed by atoms with Gasteiger partial charge in [-0.25, -0.2) is 0 Å². The van der Waals surface area contributed by atoms with Gasteiger partial charge in [0.2, 0.25) is 0 Å². The molecule has 0 spiro atoms. The minimum absolute atomic E-state index is 0.836. The summed E-state index contributed by atoms with van der Waals surface area (Å²) in [7, 11) is 0. The quantitative estimate of drug-likeness (QED) is 0.262. The van der Waals surface area contributed by atoms with Crippen LogP contribution >= 0.6 is 0 Å². The molecule has 0 aromatic heterocycles. The minimum atomic E-state index is 0.836. The first kappa shape index (κ1) is 27.3. The maximum absolute atomic E-state index is 2.48. The van der Waals surface area contributed by atoms with Gasteiger partial charge in [0.25, 0.3) is 0 Å². The Labute approximate surface area is 219 Å². The lowest BCUT2D eigenvalue weighted by Crippen LogP contribution is -2.26. The monoisotopic (exact) mass is 478 g/mol. The standard InChI is InChI=1S/C35H58/c1-3-5-6-7-8-9-29-14-22-33(23-15-29)35-26-18-31(19-27-35)11-10-30-16-24-34(25-17-30)32-20-12-28(4-2)13-21-32/h16-17,24-25,28-29,31-33,35H,3-15,18-23,26-27H2,1-2H3. The van der Waals surface area contributed by atoms with E-state index in [1.807, 2.05) is 0 Å². The molecule has 0 aliphatic heterocycles. The molecule has 0 bridgehead atoms. The average Bonchev–Trinajstić information content (AvgIpc) is 2.93. The van der Waals surface area contributed by atoms with Crippen molar-refractivity contribution in [2.75, 3.05) is 0 Å². The maximum Gasteiger partial charge on any atom is -0.0162 e. The molecular formula is C35H58. The van der Waals surface area contributed by atoms with Crippen molar-refractivity contribution < 1.29 is 0 Å². The lowest BCUT2D eigenvalue weighted by Gasteiger charge is -2.38. The number of benzene rings is 1. The van der Waals surface area contributed by atoms with Crippen molar-refractivity contribution >= 4 is 0 Å². The number of hydrogen-bond donors (Lipinski definition) is 0. The van der Waals surface area contributed by atoms with E-state index < -0.39 is 0 Å². The zero-order valence-electron chi connectivity index (χ0n) is 23.6. The van der Waals surface area contributed by atoms with Crippen LogP contribution in [-0.4, -0.2) is 0 Å². The highest BCUT2D eigenvalue weighted by molar-refractivity contribution is 5.26. The molecule has 3 aliphatic rings. The van der Waals surface area contributed by atoms with Crippen molar-refractivity contribution in [3.05, 3.63) is 35.4 Å². The highest BCUT2D eigenvalue weighted by atomic mass is 14.4. The molecule has 3 aliphatic carbocycles. The van der Waals surface area contributed by atoms with Gasteiger partial charge in [-0.3, -0.25) is 0 Å². The van der Waals surface area contributed by atoms with Gasteiger partial charge in [-0.1, -0.05) is 109 Å². The fourth-order valence-corrected chi connectivity index (χ4v) is 8.16. The average molecular weight is 479 g/mol. The second-order valence-electron chi connectivity index (χ2n) is 13.2. The summed E-state index contributed by atoms with van der Waals surface area (Å²) in [5.74, 6) is 6.05. The predicted molar refractivity (Wildman–Crippen MR) is 154 cm³/mol. The van der Waals surface area contributed by atoms with Crippen LogP contribution in [0.25, 0.3) is 0 Å². The number of aryl methyl sites for hydroxylation is 1. The van der Waals surface area contributed by atoms with Crippen LogP contribution in [0.4, 0.5) is 0 Å². The van der Waals surface area contributed by atoms with E-state index in [1.165, 1.54) is 109 Å².